The monoisotopic (exact) mass is 285 g/mol. The largest absolute Gasteiger partial charge is 0.497 e. The van der Waals surface area contributed by atoms with Gasteiger partial charge in [0.05, 0.1) is 14.2 Å². The van der Waals surface area contributed by atoms with Crippen molar-refractivity contribution in [3.63, 3.8) is 0 Å². The van der Waals surface area contributed by atoms with Crippen LogP contribution in [0.4, 0.5) is 0 Å². The number of hydrogen-bond acceptors (Lipinski definition) is 3. The molecule has 3 heteroatoms. The van der Waals surface area contributed by atoms with Crippen LogP contribution in [0.5, 0.6) is 11.5 Å². The van der Waals surface area contributed by atoms with Crippen LogP contribution < -0.4 is 14.8 Å². The van der Waals surface area contributed by atoms with E-state index in [4.69, 9.17) is 9.47 Å². The molecule has 21 heavy (non-hydrogen) atoms. The summed E-state index contributed by atoms with van der Waals surface area (Å²) < 4.78 is 10.7. The predicted octanol–water partition coefficient (Wildman–Crippen LogP) is 3.87. The van der Waals surface area contributed by atoms with E-state index in [0.29, 0.717) is 6.04 Å². The molecule has 0 aliphatic heterocycles. The molecule has 112 valence electrons. The first-order valence-electron chi connectivity index (χ1n) is 7.18. The van der Waals surface area contributed by atoms with Crippen molar-refractivity contribution in [1.82, 2.24) is 5.32 Å². The van der Waals surface area contributed by atoms with Gasteiger partial charge in [0.2, 0.25) is 0 Å². The van der Waals surface area contributed by atoms with Gasteiger partial charge in [-0.1, -0.05) is 32.0 Å². The zero-order valence-electron chi connectivity index (χ0n) is 13.1. The Balaban J connectivity index is 2.31. The molecule has 3 nitrogen and oxygen atoms in total. The second kappa shape index (κ2) is 7.14. The minimum absolute atomic E-state index is 0.476. The predicted molar refractivity (Wildman–Crippen MR) is 87.0 cm³/mol. The van der Waals surface area contributed by atoms with Crippen molar-refractivity contribution in [2.24, 2.45) is 0 Å². The molecular formula is C18H23NO2. The van der Waals surface area contributed by atoms with Crippen LogP contribution in [0.2, 0.25) is 0 Å². The van der Waals surface area contributed by atoms with E-state index in [-0.39, 0.29) is 0 Å². The Kier molecular flexibility index (Phi) is 5.23. The molecule has 0 heterocycles. The fourth-order valence-electron chi connectivity index (χ4n) is 2.21. The maximum atomic E-state index is 5.48. The Morgan fingerprint density at radius 3 is 2.48 bits per heavy atom. The summed E-state index contributed by atoms with van der Waals surface area (Å²) in [5, 5.41) is 3.44. The SMILES string of the molecule is COc1ccc(-c2cccc(CNC(C)C)c2)c(OC)c1. The summed E-state index contributed by atoms with van der Waals surface area (Å²) in [5.74, 6) is 1.62. The van der Waals surface area contributed by atoms with Crippen molar-refractivity contribution in [1.29, 1.82) is 0 Å². The summed E-state index contributed by atoms with van der Waals surface area (Å²) in [5.41, 5.74) is 3.49. The van der Waals surface area contributed by atoms with E-state index in [1.54, 1.807) is 14.2 Å². The van der Waals surface area contributed by atoms with E-state index in [2.05, 4.69) is 43.4 Å². The minimum Gasteiger partial charge on any atom is -0.497 e. The molecule has 0 aromatic heterocycles. The van der Waals surface area contributed by atoms with Crippen molar-refractivity contribution in [2.45, 2.75) is 26.4 Å². The van der Waals surface area contributed by atoms with Crippen LogP contribution in [0.15, 0.2) is 42.5 Å². The van der Waals surface area contributed by atoms with Crippen LogP contribution in [0, 0.1) is 0 Å². The van der Waals surface area contributed by atoms with Gasteiger partial charge >= 0.3 is 0 Å². The van der Waals surface area contributed by atoms with Crippen molar-refractivity contribution >= 4 is 0 Å². The number of hydrogen-bond donors (Lipinski definition) is 1. The molecule has 2 aromatic carbocycles. The number of methoxy groups -OCH3 is 2. The second-order valence-electron chi connectivity index (χ2n) is 5.30. The highest BCUT2D eigenvalue weighted by Crippen LogP contribution is 2.33. The van der Waals surface area contributed by atoms with Crippen LogP contribution in [0.3, 0.4) is 0 Å². The quantitative estimate of drug-likeness (QED) is 0.874. The Morgan fingerprint density at radius 1 is 1.00 bits per heavy atom. The average Bonchev–Trinajstić information content (AvgIpc) is 2.52. The van der Waals surface area contributed by atoms with E-state index in [0.717, 1.165) is 29.2 Å². The first-order valence-corrected chi connectivity index (χ1v) is 7.18. The van der Waals surface area contributed by atoms with Crippen molar-refractivity contribution in [2.75, 3.05) is 14.2 Å². The van der Waals surface area contributed by atoms with Crippen molar-refractivity contribution in [3.05, 3.63) is 48.0 Å². The lowest BCUT2D eigenvalue weighted by atomic mass is 10.0. The Hall–Kier alpha value is -2.00. The Bertz CT molecular complexity index is 594. The molecule has 1 N–H and O–H groups in total. The first kappa shape index (κ1) is 15.4. The molecule has 2 rings (SSSR count). The third-order valence-corrected chi connectivity index (χ3v) is 3.36. The van der Waals surface area contributed by atoms with Crippen molar-refractivity contribution in [3.8, 4) is 22.6 Å². The van der Waals surface area contributed by atoms with E-state index in [1.165, 1.54) is 5.56 Å². The fraction of sp³-hybridized carbons (Fsp3) is 0.333. The van der Waals surface area contributed by atoms with Gasteiger partial charge < -0.3 is 14.8 Å². The molecule has 0 spiro atoms. The zero-order chi connectivity index (χ0) is 15.2. The summed E-state index contributed by atoms with van der Waals surface area (Å²) in [4.78, 5) is 0. The average molecular weight is 285 g/mol. The van der Waals surface area contributed by atoms with Gasteiger partial charge in [-0.25, -0.2) is 0 Å². The van der Waals surface area contributed by atoms with Gasteiger partial charge in [-0.3, -0.25) is 0 Å². The number of rotatable bonds is 6. The van der Waals surface area contributed by atoms with Gasteiger partial charge in [-0.2, -0.15) is 0 Å². The third-order valence-electron chi connectivity index (χ3n) is 3.36. The van der Waals surface area contributed by atoms with Gasteiger partial charge in [-0.15, -0.1) is 0 Å². The van der Waals surface area contributed by atoms with Gasteiger partial charge in [-0.05, 0) is 29.3 Å². The van der Waals surface area contributed by atoms with E-state index < -0.39 is 0 Å². The van der Waals surface area contributed by atoms with Crippen LogP contribution in [0.1, 0.15) is 19.4 Å². The smallest absolute Gasteiger partial charge is 0.130 e. The highest BCUT2D eigenvalue weighted by Gasteiger charge is 2.08. The molecule has 0 aliphatic carbocycles. The summed E-state index contributed by atoms with van der Waals surface area (Å²) in [6.45, 7) is 5.16. The summed E-state index contributed by atoms with van der Waals surface area (Å²) in [6.07, 6.45) is 0. The standard InChI is InChI=1S/C18H23NO2/c1-13(2)19-12-14-6-5-7-15(10-14)17-9-8-16(20-3)11-18(17)21-4/h5-11,13,19H,12H2,1-4H3. The van der Waals surface area contributed by atoms with Crippen molar-refractivity contribution < 1.29 is 9.47 Å². The zero-order valence-corrected chi connectivity index (χ0v) is 13.1. The van der Waals surface area contributed by atoms with Gasteiger partial charge in [0.1, 0.15) is 11.5 Å². The molecular weight excluding hydrogens is 262 g/mol. The van der Waals surface area contributed by atoms with Gasteiger partial charge in [0.25, 0.3) is 0 Å². The first-order chi connectivity index (χ1) is 10.1. The Labute approximate surface area is 126 Å². The maximum Gasteiger partial charge on any atom is 0.130 e. The lowest BCUT2D eigenvalue weighted by Gasteiger charge is -2.13. The maximum absolute atomic E-state index is 5.48. The highest BCUT2D eigenvalue weighted by atomic mass is 16.5. The number of nitrogens with one attached hydrogen (secondary N) is 1. The third kappa shape index (κ3) is 3.99. The highest BCUT2D eigenvalue weighted by molar-refractivity contribution is 5.72. The normalized spacial score (nSPS) is 10.7. The Morgan fingerprint density at radius 2 is 1.81 bits per heavy atom. The van der Waals surface area contributed by atoms with Crippen LogP contribution in [-0.4, -0.2) is 20.3 Å². The van der Waals surface area contributed by atoms with E-state index in [1.807, 2.05) is 18.2 Å². The number of ether oxygens (including phenoxy) is 2. The topological polar surface area (TPSA) is 30.5 Å². The molecule has 0 saturated carbocycles. The lowest BCUT2D eigenvalue weighted by molar-refractivity contribution is 0.395. The molecule has 0 atom stereocenters. The summed E-state index contributed by atoms with van der Waals surface area (Å²) in [7, 11) is 3.34. The van der Waals surface area contributed by atoms with E-state index in [9.17, 15) is 0 Å². The molecule has 0 saturated heterocycles. The van der Waals surface area contributed by atoms with Gasteiger partial charge in [0, 0.05) is 24.2 Å². The van der Waals surface area contributed by atoms with Crippen LogP contribution >= 0.6 is 0 Å². The summed E-state index contributed by atoms with van der Waals surface area (Å²) in [6, 6.07) is 14.9. The molecule has 0 bridgehead atoms. The molecule has 0 amide bonds. The van der Waals surface area contributed by atoms with Gasteiger partial charge in [0.15, 0.2) is 0 Å². The summed E-state index contributed by atoms with van der Waals surface area (Å²) >= 11 is 0. The second-order valence-corrected chi connectivity index (χ2v) is 5.30. The van der Waals surface area contributed by atoms with Crippen LogP contribution in [-0.2, 0) is 6.54 Å². The molecule has 0 unspecified atom stereocenters. The lowest BCUT2D eigenvalue weighted by Crippen LogP contribution is -2.21. The number of benzene rings is 2. The van der Waals surface area contributed by atoms with Crippen LogP contribution in [0.25, 0.3) is 11.1 Å². The molecule has 2 aromatic rings. The fourth-order valence-corrected chi connectivity index (χ4v) is 2.21. The molecule has 0 aliphatic rings. The molecule has 0 fully saturated rings. The van der Waals surface area contributed by atoms with E-state index >= 15 is 0 Å². The minimum atomic E-state index is 0.476. The molecule has 0 radical (unpaired) electrons.